The van der Waals surface area contributed by atoms with E-state index in [2.05, 4.69) is 46.1 Å². The van der Waals surface area contributed by atoms with Crippen LogP contribution in [0.4, 0.5) is 0 Å². The molecule has 1 saturated heterocycles. The molecule has 0 saturated carbocycles. The zero-order valence-electron chi connectivity index (χ0n) is 15.4. The maximum absolute atomic E-state index is 12.1. The van der Waals surface area contributed by atoms with E-state index in [4.69, 9.17) is 0 Å². The third kappa shape index (κ3) is 6.69. The lowest BCUT2D eigenvalue weighted by molar-refractivity contribution is -0.133. The molecule has 5 nitrogen and oxygen atoms in total. The summed E-state index contributed by atoms with van der Waals surface area (Å²) in [6, 6.07) is 8.78. The first-order valence-corrected chi connectivity index (χ1v) is 9.65. The normalized spacial score (nSPS) is 17.4. The first-order valence-electron chi connectivity index (χ1n) is 8.42. The van der Waals surface area contributed by atoms with E-state index in [1.807, 2.05) is 18.7 Å². The number of nitrogens with zero attached hydrogens (tertiary/aromatic N) is 2. The SMILES string of the molecule is CN=C(NCc1ccc(SC)cc1)NC1CCN(C(=O)C(C)C)C1.I. The van der Waals surface area contributed by atoms with Gasteiger partial charge in [0.25, 0.3) is 0 Å². The molecule has 0 radical (unpaired) electrons. The summed E-state index contributed by atoms with van der Waals surface area (Å²) in [5.41, 5.74) is 1.22. The van der Waals surface area contributed by atoms with Gasteiger partial charge in [0, 0.05) is 43.5 Å². The lowest BCUT2D eigenvalue weighted by Gasteiger charge is -2.20. The highest BCUT2D eigenvalue weighted by Gasteiger charge is 2.27. The fourth-order valence-corrected chi connectivity index (χ4v) is 3.17. The van der Waals surface area contributed by atoms with E-state index in [0.717, 1.165) is 32.0 Å². The van der Waals surface area contributed by atoms with Crippen LogP contribution >= 0.6 is 35.7 Å². The summed E-state index contributed by atoms with van der Waals surface area (Å²) in [5, 5.41) is 6.77. The number of aliphatic imine (C=N–C) groups is 1. The Morgan fingerprint density at radius 1 is 1.36 bits per heavy atom. The number of guanidine groups is 1. The number of likely N-dealkylation sites (tertiary alicyclic amines) is 1. The number of benzene rings is 1. The largest absolute Gasteiger partial charge is 0.352 e. The van der Waals surface area contributed by atoms with Crippen molar-refractivity contribution in [2.45, 2.75) is 37.8 Å². The minimum Gasteiger partial charge on any atom is -0.352 e. The standard InChI is InChI=1S/C18H28N4OS.HI/c1-13(2)17(23)22-10-9-15(12-22)21-18(19-3)20-11-14-5-7-16(24-4)8-6-14;/h5-8,13,15H,9-12H2,1-4H3,(H2,19,20,21);1H. The Balaban J connectivity index is 0.00000312. The van der Waals surface area contributed by atoms with E-state index in [0.29, 0.717) is 0 Å². The third-order valence-corrected chi connectivity index (χ3v) is 4.92. The van der Waals surface area contributed by atoms with Crippen molar-refractivity contribution in [3.05, 3.63) is 29.8 Å². The molecule has 7 heteroatoms. The van der Waals surface area contributed by atoms with E-state index < -0.39 is 0 Å². The van der Waals surface area contributed by atoms with E-state index in [1.165, 1.54) is 10.5 Å². The minimum atomic E-state index is 0. The third-order valence-electron chi connectivity index (χ3n) is 4.18. The molecule has 0 aliphatic carbocycles. The van der Waals surface area contributed by atoms with Crippen LogP contribution in [0.25, 0.3) is 0 Å². The van der Waals surface area contributed by atoms with E-state index >= 15 is 0 Å². The maximum atomic E-state index is 12.1. The van der Waals surface area contributed by atoms with Crippen molar-refractivity contribution in [3.63, 3.8) is 0 Å². The van der Waals surface area contributed by atoms with Crippen LogP contribution in [0, 0.1) is 5.92 Å². The topological polar surface area (TPSA) is 56.7 Å². The molecule has 1 atom stereocenters. The number of thioether (sulfide) groups is 1. The lowest BCUT2D eigenvalue weighted by atomic mass is 10.2. The Morgan fingerprint density at radius 3 is 2.60 bits per heavy atom. The lowest BCUT2D eigenvalue weighted by Crippen LogP contribution is -2.45. The molecule has 1 amide bonds. The zero-order valence-corrected chi connectivity index (χ0v) is 18.6. The number of hydrogen-bond acceptors (Lipinski definition) is 3. The highest BCUT2D eigenvalue weighted by molar-refractivity contribution is 14.0. The molecule has 2 N–H and O–H groups in total. The van der Waals surface area contributed by atoms with E-state index in [-0.39, 0.29) is 41.8 Å². The molecule has 0 aromatic heterocycles. The average molecular weight is 476 g/mol. The second kappa shape index (κ2) is 10.9. The molecule has 1 aliphatic heterocycles. The van der Waals surface area contributed by atoms with Gasteiger partial charge in [-0.1, -0.05) is 26.0 Å². The van der Waals surface area contributed by atoms with Crippen LogP contribution in [-0.4, -0.2) is 49.2 Å². The summed E-state index contributed by atoms with van der Waals surface area (Å²) in [6.07, 6.45) is 3.04. The predicted octanol–water partition coefficient (Wildman–Crippen LogP) is 2.95. The van der Waals surface area contributed by atoms with Crippen LogP contribution < -0.4 is 10.6 Å². The van der Waals surface area contributed by atoms with Gasteiger partial charge >= 0.3 is 0 Å². The van der Waals surface area contributed by atoms with Gasteiger partial charge < -0.3 is 15.5 Å². The predicted molar refractivity (Wildman–Crippen MR) is 117 cm³/mol. The van der Waals surface area contributed by atoms with Crippen molar-refractivity contribution >= 4 is 47.6 Å². The number of hydrogen-bond donors (Lipinski definition) is 2. The maximum Gasteiger partial charge on any atom is 0.225 e. The summed E-state index contributed by atoms with van der Waals surface area (Å²) in [4.78, 5) is 19.6. The number of carbonyl (C=O) groups excluding carboxylic acids is 1. The van der Waals surface area contributed by atoms with Gasteiger partial charge in [-0.05, 0) is 30.4 Å². The highest BCUT2D eigenvalue weighted by atomic mass is 127. The molecule has 0 bridgehead atoms. The van der Waals surface area contributed by atoms with Gasteiger partial charge in [0.15, 0.2) is 5.96 Å². The van der Waals surface area contributed by atoms with Gasteiger partial charge in [0.05, 0.1) is 0 Å². The molecule has 1 aromatic rings. The number of halogens is 1. The zero-order chi connectivity index (χ0) is 17.5. The van der Waals surface area contributed by atoms with Gasteiger partial charge in [0.2, 0.25) is 5.91 Å². The molecule has 25 heavy (non-hydrogen) atoms. The summed E-state index contributed by atoms with van der Waals surface area (Å²) in [5.74, 6) is 1.08. The van der Waals surface area contributed by atoms with E-state index in [9.17, 15) is 4.79 Å². The van der Waals surface area contributed by atoms with Crippen molar-refractivity contribution in [3.8, 4) is 0 Å². The average Bonchev–Trinajstić information content (AvgIpc) is 3.06. The fourth-order valence-electron chi connectivity index (χ4n) is 2.76. The molecule has 1 heterocycles. The molecule has 1 aliphatic rings. The number of carbonyl (C=O) groups is 1. The number of nitrogens with one attached hydrogen (secondary N) is 2. The Morgan fingerprint density at radius 2 is 2.04 bits per heavy atom. The molecule has 1 fully saturated rings. The summed E-state index contributed by atoms with van der Waals surface area (Å²) in [7, 11) is 1.78. The van der Waals surface area contributed by atoms with Crippen molar-refractivity contribution in [1.82, 2.24) is 15.5 Å². The van der Waals surface area contributed by atoms with Crippen LogP contribution in [0.2, 0.25) is 0 Å². The van der Waals surface area contributed by atoms with Gasteiger partial charge in [-0.25, -0.2) is 0 Å². The van der Waals surface area contributed by atoms with Gasteiger partial charge in [0.1, 0.15) is 0 Å². The molecule has 140 valence electrons. The summed E-state index contributed by atoms with van der Waals surface area (Å²) >= 11 is 1.74. The smallest absolute Gasteiger partial charge is 0.225 e. The summed E-state index contributed by atoms with van der Waals surface area (Å²) in [6.45, 7) is 6.20. The molecule has 1 unspecified atom stereocenters. The first-order chi connectivity index (χ1) is 11.5. The van der Waals surface area contributed by atoms with Crippen molar-refractivity contribution < 1.29 is 4.79 Å². The molecule has 2 rings (SSSR count). The van der Waals surface area contributed by atoms with Crippen LogP contribution in [0.1, 0.15) is 25.8 Å². The van der Waals surface area contributed by atoms with Crippen LogP contribution in [0.5, 0.6) is 0 Å². The van der Waals surface area contributed by atoms with Gasteiger partial charge in [-0.15, -0.1) is 35.7 Å². The number of rotatable bonds is 5. The van der Waals surface area contributed by atoms with Gasteiger partial charge in [-0.3, -0.25) is 9.79 Å². The molecular formula is C18H29IN4OS. The monoisotopic (exact) mass is 476 g/mol. The van der Waals surface area contributed by atoms with Crippen LogP contribution in [-0.2, 0) is 11.3 Å². The van der Waals surface area contributed by atoms with E-state index in [1.54, 1.807) is 18.8 Å². The highest BCUT2D eigenvalue weighted by Crippen LogP contribution is 2.15. The second-order valence-electron chi connectivity index (χ2n) is 6.34. The Kier molecular flexibility index (Phi) is 9.63. The summed E-state index contributed by atoms with van der Waals surface area (Å²) < 4.78 is 0. The first kappa shape index (κ1) is 22.1. The molecule has 1 aromatic carbocycles. The molecular weight excluding hydrogens is 447 g/mol. The second-order valence-corrected chi connectivity index (χ2v) is 7.22. The van der Waals surface area contributed by atoms with Crippen LogP contribution in [0.15, 0.2) is 34.2 Å². The fraction of sp³-hybridized carbons (Fsp3) is 0.556. The Labute approximate surface area is 172 Å². The number of amides is 1. The molecule has 0 spiro atoms. The van der Waals surface area contributed by atoms with Crippen molar-refractivity contribution in [2.24, 2.45) is 10.9 Å². The van der Waals surface area contributed by atoms with Crippen molar-refractivity contribution in [1.29, 1.82) is 0 Å². The Hall–Kier alpha value is -0.960. The van der Waals surface area contributed by atoms with Crippen LogP contribution in [0.3, 0.4) is 0 Å². The quantitative estimate of drug-likeness (QED) is 0.297. The van der Waals surface area contributed by atoms with Crippen molar-refractivity contribution in [2.75, 3.05) is 26.4 Å². The Bertz CT molecular complexity index is 577. The van der Waals surface area contributed by atoms with Gasteiger partial charge in [-0.2, -0.15) is 0 Å². The minimum absolute atomic E-state index is 0.